The summed E-state index contributed by atoms with van der Waals surface area (Å²) >= 11 is 0. The highest BCUT2D eigenvalue weighted by Gasteiger charge is 2.22. The maximum atomic E-state index is 9.82. The van der Waals surface area contributed by atoms with Crippen LogP contribution >= 0.6 is 0 Å². The number of aliphatic imine (C=N–C) groups is 1. The van der Waals surface area contributed by atoms with Crippen molar-refractivity contribution in [3.05, 3.63) is 96.3 Å². The molecule has 0 amide bonds. The van der Waals surface area contributed by atoms with Gasteiger partial charge < -0.3 is 4.42 Å². The van der Waals surface area contributed by atoms with E-state index in [0.29, 0.717) is 17.2 Å². The topological polar surface area (TPSA) is 62.2 Å². The Balaban J connectivity index is 1.90. The van der Waals surface area contributed by atoms with E-state index in [9.17, 15) is 5.26 Å². The molecule has 0 saturated carbocycles. The molecule has 0 radical (unpaired) electrons. The highest BCUT2D eigenvalue weighted by atomic mass is 16.4. The molecule has 0 N–H and O–H groups in total. The number of furan rings is 1. The van der Waals surface area contributed by atoms with E-state index in [1.54, 1.807) is 18.6 Å². The SMILES string of the molecule is N#Cc1c(N=Cc2ccncc2)oc(-c2ccccc2)c1-c1ccccc1. The second-order valence-electron chi connectivity index (χ2n) is 5.87. The number of nitrogens with zero attached hydrogens (tertiary/aromatic N) is 3. The first-order valence-corrected chi connectivity index (χ1v) is 8.48. The number of rotatable bonds is 4. The average molecular weight is 349 g/mol. The van der Waals surface area contributed by atoms with Crippen molar-refractivity contribution < 1.29 is 4.42 Å². The minimum Gasteiger partial charge on any atom is -0.436 e. The van der Waals surface area contributed by atoms with Gasteiger partial charge in [-0.1, -0.05) is 60.7 Å². The van der Waals surface area contributed by atoms with Crippen LogP contribution in [0.4, 0.5) is 5.88 Å². The van der Waals surface area contributed by atoms with Crippen LogP contribution in [0.15, 0.2) is 94.6 Å². The molecule has 0 atom stereocenters. The minimum absolute atomic E-state index is 0.298. The molecular formula is C23H15N3O. The smallest absolute Gasteiger partial charge is 0.238 e. The normalized spacial score (nSPS) is 10.8. The summed E-state index contributed by atoms with van der Waals surface area (Å²) in [6.45, 7) is 0. The third-order valence-corrected chi connectivity index (χ3v) is 4.14. The van der Waals surface area contributed by atoms with Gasteiger partial charge in [0.25, 0.3) is 0 Å². The molecule has 27 heavy (non-hydrogen) atoms. The minimum atomic E-state index is 0.298. The fraction of sp³-hybridized carbons (Fsp3) is 0. The number of aromatic nitrogens is 1. The first-order chi connectivity index (χ1) is 13.4. The van der Waals surface area contributed by atoms with Crippen molar-refractivity contribution in [2.24, 2.45) is 4.99 Å². The molecule has 0 aliphatic carbocycles. The van der Waals surface area contributed by atoms with E-state index in [-0.39, 0.29) is 0 Å². The molecule has 0 fully saturated rings. The van der Waals surface area contributed by atoms with Gasteiger partial charge in [-0.15, -0.1) is 0 Å². The predicted molar refractivity (Wildman–Crippen MR) is 106 cm³/mol. The average Bonchev–Trinajstić information content (AvgIpc) is 3.13. The first-order valence-electron chi connectivity index (χ1n) is 8.48. The molecule has 2 aromatic carbocycles. The van der Waals surface area contributed by atoms with Crippen LogP contribution in [0, 0.1) is 11.3 Å². The molecule has 2 aromatic heterocycles. The van der Waals surface area contributed by atoms with E-state index in [1.165, 1.54) is 0 Å². The number of hydrogen-bond donors (Lipinski definition) is 0. The zero-order valence-corrected chi connectivity index (χ0v) is 14.4. The van der Waals surface area contributed by atoms with Crippen molar-refractivity contribution in [3.63, 3.8) is 0 Å². The van der Waals surface area contributed by atoms with Crippen LogP contribution in [0.25, 0.3) is 22.5 Å². The highest BCUT2D eigenvalue weighted by Crippen LogP contribution is 2.42. The summed E-state index contributed by atoms with van der Waals surface area (Å²) in [6.07, 6.45) is 5.06. The van der Waals surface area contributed by atoms with Crippen molar-refractivity contribution in [1.82, 2.24) is 4.98 Å². The lowest BCUT2D eigenvalue weighted by Crippen LogP contribution is -1.83. The summed E-state index contributed by atoms with van der Waals surface area (Å²) in [7, 11) is 0. The highest BCUT2D eigenvalue weighted by molar-refractivity contribution is 5.89. The predicted octanol–water partition coefficient (Wildman–Crippen LogP) is 5.63. The quantitative estimate of drug-likeness (QED) is 0.448. The third-order valence-electron chi connectivity index (χ3n) is 4.14. The summed E-state index contributed by atoms with van der Waals surface area (Å²) in [6, 6.07) is 25.5. The van der Waals surface area contributed by atoms with Crippen molar-refractivity contribution in [3.8, 4) is 28.5 Å². The summed E-state index contributed by atoms with van der Waals surface area (Å²) in [4.78, 5) is 8.43. The monoisotopic (exact) mass is 349 g/mol. The van der Waals surface area contributed by atoms with Gasteiger partial charge in [-0.25, -0.2) is 4.99 Å². The Hall–Kier alpha value is -3.97. The van der Waals surface area contributed by atoms with Gasteiger partial charge in [0.05, 0.1) is 0 Å². The first kappa shape index (κ1) is 16.5. The van der Waals surface area contributed by atoms with Gasteiger partial charge in [-0.3, -0.25) is 4.98 Å². The zero-order valence-electron chi connectivity index (χ0n) is 14.4. The van der Waals surface area contributed by atoms with Gasteiger partial charge in [0, 0.05) is 29.7 Å². The Morgan fingerprint density at radius 3 is 2.11 bits per heavy atom. The second-order valence-corrected chi connectivity index (χ2v) is 5.87. The molecule has 0 saturated heterocycles. The van der Waals surface area contributed by atoms with Gasteiger partial charge in [-0.2, -0.15) is 5.26 Å². The van der Waals surface area contributed by atoms with E-state index in [0.717, 1.165) is 22.3 Å². The molecule has 4 aromatic rings. The fourth-order valence-corrected chi connectivity index (χ4v) is 2.87. The molecule has 0 spiro atoms. The Labute approximate surface area is 157 Å². The molecule has 0 bridgehead atoms. The maximum absolute atomic E-state index is 9.82. The summed E-state index contributed by atoms with van der Waals surface area (Å²) in [5.74, 6) is 0.937. The Bertz CT molecular complexity index is 1110. The lowest BCUT2D eigenvalue weighted by Gasteiger charge is -2.03. The van der Waals surface area contributed by atoms with E-state index in [4.69, 9.17) is 4.42 Å². The van der Waals surface area contributed by atoms with Crippen molar-refractivity contribution >= 4 is 12.1 Å². The van der Waals surface area contributed by atoms with Gasteiger partial charge >= 0.3 is 0 Å². The standard InChI is InChI=1S/C23H15N3O/c24-15-20-21(18-7-3-1-4-8-18)22(19-9-5-2-6-10-19)27-23(20)26-16-17-11-13-25-14-12-17/h1-14,16H. The van der Waals surface area contributed by atoms with Crippen LogP contribution in [-0.2, 0) is 0 Å². The van der Waals surface area contributed by atoms with Gasteiger partial charge in [0.1, 0.15) is 17.4 Å². The fourth-order valence-electron chi connectivity index (χ4n) is 2.87. The number of nitriles is 1. The van der Waals surface area contributed by atoms with Crippen LogP contribution in [0.5, 0.6) is 0 Å². The van der Waals surface area contributed by atoms with E-state index < -0.39 is 0 Å². The summed E-state index contributed by atoms with van der Waals surface area (Å²) in [5.41, 5.74) is 3.88. The molecule has 0 aliphatic rings. The molecule has 4 nitrogen and oxygen atoms in total. The number of benzene rings is 2. The Kier molecular flexibility index (Phi) is 4.59. The zero-order chi connectivity index (χ0) is 18.5. The largest absolute Gasteiger partial charge is 0.436 e. The van der Waals surface area contributed by atoms with Crippen LogP contribution in [0.3, 0.4) is 0 Å². The molecule has 4 rings (SSSR count). The van der Waals surface area contributed by atoms with E-state index in [2.05, 4.69) is 16.0 Å². The van der Waals surface area contributed by atoms with E-state index in [1.807, 2.05) is 72.8 Å². The summed E-state index contributed by atoms with van der Waals surface area (Å²) < 4.78 is 6.06. The Morgan fingerprint density at radius 2 is 1.48 bits per heavy atom. The number of pyridine rings is 1. The van der Waals surface area contributed by atoms with Gasteiger partial charge in [0.2, 0.25) is 5.88 Å². The van der Waals surface area contributed by atoms with E-state index >= 15 is 0 Å². The molecule has 0 unspecified atom stereocenters. The van der Waals surface area contributed by atoms with Crippen LogP contribution in [0.2, 0.25) is 0 Å². The molecule has 128 valence electrons. The number of hydrogen-bond acceptors (Lipinski definition) is 4. The molecule has 0 aliphatic heterocycles. The second kappa shape index (κ2) is 7.51. The molecule has 2 heterocycles. The molecular weight excluding hydrogens is 334 g/mol. The van der Waals surface area contributed by atoms with Gasteiger partial charge in [-0.05, 0) is 23.3 Å². The van der Waals surface area contributed by atoms with Crippen molar-refractivity contribution in [2.75, 3.05) is 0 Å². The lowest BCUT2D eigenvalue weighted by molar-refractivity contribution is 0.593. The van der Waals surface area contributed by atoms with Crippen molar-refractivity contribution in [2.45, 2.75) is 0 Å². The molecule has 4 heteroatoms. The van der Waals surface area contributed by atoms with Crippen LogP contribution < -0.4 is 0 Å². The lowest BCUT2D eigenvalue weighted by atomic mass is 9.98. The van der Waals surface area contributed by atoms with Gasteiger partial charge in [0.15, 0.2) is 0 Å². The summed E-state index contributed by atoms with van der Waals surface area (Å²) in [5, 5.41) is 9.82. The van der Waals surface area contributed by atoms with Crippen LogP contribution in [0.1, 0.15) is 11.1 Å². The van der Waals surface area contributed by atoms with Crippen molar-refractivity contribution in [1.29, 1.82) is 5.26 Å². The maximum Gasteiger partial charge on any atom is 0.238 e. The van der Waals surface area contributed by atoms with Crippen LogP contribution in [-0.4, -0.2) is 11.2 Å². The Morgan fingerprint density at radius 1 is 0.852 bits per heavy atom. The third kappa shape index (κ3) is 3.39.